The molecule has 8 heteroatoms. The maximum atomic E-state index is 12.1. The average molecular weight is 343 g/mol. The molecule has 2 rings (SSSR count). The summed E-state index contributed by atoms with van der Waals surface area (Å²) >= 11 is 0. The molecule has 0 saturated heterocycles. The third-order valence-electron chi connectivity index (χ3n) is 3.57. The molecule has 0 unspecified atom stereocenters. The highest BCUT2D eigenvalue weighted by Crippen LogP contribution is 2.29. The highest BCUT2D eigenvalue weighted by atomic mass is 16.6. The fourth-order valence-electron chi connectivity index (χ4n) is 2.26. The molecule has 2 amide bonds. The molecular weight excluding hydrogens is 326 g/mol. The quantitative estimate of drug-likeness (QED) is 0.504. The number of amides is 2. The van der Waals surface area contributed by atoms with Crippen LogP contribution in [0.25, 0.3) is 0 Å². The van der Waals surface area contributed by atoms with E-state index in [1.54, 1.807) is 0 Å². The van der Waals surface area contributed by atoms with Gasteiger partial charge in [0.15, 0.2) is 0 Å². The second kappa shape index (κ2) is 7.43. The van der Waals surface area contributed by atoms with Crippen molar-refractivity contribution in [2.45, 2.75) is 13.8 Å². The topological polar surface area (TPSA) is 111 Å². The van der Waals surface area contributed by atoms with Crippen LogP contribution in [0.1, 0.15) is 11.1 Å². The number of nitrogens with one attached hydrogen (secondary N) is 2. The lowest BCUT2D eigenvalue weighted by atomic mass is 10.1. The molecule has 2 aromatic rings. The zero-order valence-corrected chi connectivity index (χ0v) is 14.0. The van der Waals surface area contributed by atoms with E-state index in [2.05, 4.69) is 10.6 Å². The van der Waals surface area contributed by atoms with E-state index in [-0.39, 0.29) is 17.1 Å². The number of benzene rings is 2. The number of carbonyl (C=O) groups excluding carboxylic acids is 2. The van der Waals surface area contributed by atoms with Gasteiger partial charge < -0.3 is 15.4 Å². The lowest BCUT2D eigenvalue weighted by Crippen LogP contribution is -2.29. The molecular formula is C17H17N3O5. The smallest absolute Gasteiger partial charge is 0.314 e. The van der Waals surface area contributed by atoms with E-state index in [9.17, 15) is 19.7 Å². The zero-order chi connectivity index (χ0) is 18.6. The first-order chi connectivity index (χ1) is 11.8. The third kappa shape index (κ3) is 4.11. The zero-order valence-electron chi connectivity index (χ0n) is 14.0. The summed E-state index contributed by atoms with van der Waals surface area (Å²) < 4.78 is 5.02. The van der Waals surface area contributed by atoms with Gasteiger partial charge in [0.25, 0.3) is 5.69 Å². The number of para-hydroxylation sites is 1. The molecule has 0 aliphatic carbocycles. The monoisotopic (exact) mass is 343 g/mol. The molecule has 0 radical (unpaired) electrons. The molecule has 0 saturated carbocycles. The highest BCUT2D eigenvalue weighted by Gasteiger charge is 2.19. The maximum absolute atomic E-state index is 12.1. The first kappa shape index (κ1) is 17.9. The molecule has 2 aromatic carbocycles. The molecule has 130 valence electrons. The Morgan fingerprint density at radius 1 is 1.04 bits per heavy atom. The lowest BCUT2D eigenvalue weighted by molar-refractivity contribution is -0.384. The first-order valence-corrected chi connectivity index (χ1v) is 7.34. The van der Waals surface area contributed by atoms with Crippen LogP contribution in [-0.4, -0.2) is 23.8 Å². The van der Waals surface area contributed by atoms with Gasteiger partial charge in [-0.05, 0) is 31.0 Å². The third-order valence-corrected chi connectivity index (χ3v) is 3.57. The first-order valence-electron chi connectivity index (χ1n) is 7.34. The minimum Gasteiger partial charge on any atom is -0.494 e. The molecule has 0 fully saturated rings. The molecule has 0 spiro atoms. The molecule has 0 aliphatic rings. The van der Waals surface area contributed by atoms with Gasteiger partial charge in [0.2, 0.25) is 0 Å². The number of hydrogen-bond donors (Lipinski definition) is 2. The number of anilines is 2. The minimum absolute atomic E-state index is 0.0856. The van der Waals surface area contributed by atoms with Crippen LogP contribution < -0.4 is 15.4 Å². The molecule has 0 aliphatic heterocycles. The predicted molar refractivity (Wildman–Crippen MR) is 92.8 cm³/mol. The number of rotatable bonds is 4. The van der Waals surface area contributed by atoms with Crippen LogP contribution in [0.3, 0.4) is 0 Å². The number of ether oxygens (including phenoxy) is 1. The average Bonchev–Trinajstić information content (AvgIpc) is 2.58. The van der Waals surface area contributed by atoms with Crippen LogP contribution in [0, 0.1) is 24.0 Å². The summed E-state index contributed by atoms with van der Waals surface area (Å²) in [6, 6.07) is 9.17. The number of nitro benzene ring substituents is 1. The van der Waals surface area contributed by atoms with Crippen molar-refractivity contribution in [2.75, 3.05) is 17.7 Å². The van der Waals surface area contributed by atoms with Crippen LogP contribution in [0.4, 0.5) is 17.1 Å². The van der Waals surface area contributed by atoms with Crippen LogP contribution >= 0.6 is 0 Å². The van der Waals surface area contributed by atoms with Crippen LogP contribution in [0.5, 0.6) is 5.75 Å². The van der Waals surface area contributed by atoms with Gasteiger partial charge >= 0.3 is 11.8 Å². The van der Waals surface area contributed by atoms with Crippen molar-refractivity contribution >= 4 is 28.9 Å². The Morgan fingerprint density at radius 2 is 1.64 bits per heavy atom. The number of nitrogens with zero attached hydrogens (tertiary/aromatic N) is 1. The van der Waals surface area contributed by atoms with E-state index in [4.69, 9.17) is 4.74 Å². The Labute approximate surface area is 144 Å². The number of carbonyl (C=O) groups is 2. The Hall–Kier alpha value is -3.42. The molecule has 0 heterocycles. The predicted octanol–water partition coefficient (Wildman–Crippen LogP) is 2.80. The van der Waals surface area contributed by atoms with Gasteiger partial charge in [0, 0.05) is 11.8 Å². The summed E-state index contributed by atoms with van der Waals surface area (Å²) in [5, 5.41) is 15.7. The Bertz CT molecular complexity index is 828. The number of hydrogen-bond acceptors (Lipinski definition) is 5. The standard InChI is InChI=1S/C17H17N3O5/c1-10-5-4-6-11(2)15(10)19-17(22)16(21)18-13-8-7-12(20(23)24)9-14(13)25-3/h4-9H,1-3H3,(H,18,21)(H,19,22). The van der Waals surface area contributed by atoms with E-state index in [1.165, 1.54) is 25.3 Å². The van der Waals surface area contributed by atoms with Crippen molar-refractivity contribution < 1.29 is 19.2 Å². The molecule has 0 bridgehead atoms. The minimum atomic E-state index is -0.908. The normalized spacial score (nSPS) is 10.0. The second-order valence-corrected chi connectivity index (χ2v) is 5.32. The van der Waals surface area contributed by atoms with E-state index in [0.717, 1.165) is 11.1 Å². The van der Waals surface area contributed by atoms with Gasteiger partial charge in [-0.2, -0.15) is 0 Å². The number of non-ortho nitro benzene ring substituents is 1. The van der Waals surface area contributed by atoms with Gasteiger partial charge in [0.1, 0.15) is 5.75 Å². The van der Waals surface area contributed by atoms with E-state index in [1.807, 2.05) is 32.0 Å². The second-order valence-electron chi connectivity index (χ2n) is 5.32. The summed E-state index contributed by atoms with van der Waals surface area (Å²) in [5.74, 6) is -1.67. The summed E-state index contributed by atoms with van der Waals surface area (Å²) in [7, 11) is 1.31. The maximum Gasteiger partial charge on any atom is 0.314 e. The van der Waals surface area contributed by atoms with Gasteiger partial charge in [-0.3, -0.25) is 19.7 Å². The van der Waals surface area contributed by atoms with Gasteiger partial charge in [-0.15, -0.1) is 0 Å². The SMILES string of the molecule is COc1cc([N+](=O)[O-])ccc1NC(=O)C(=O)Nc1c(C)cccc1C. The van der Waals surface area contributed by atoms with E-state index in [0.29, 0.717) is 5.69 Å². The molecule has 8 nitrogen and oxygen atoms in total. The van der Waals surface area contributed by atoms with Crippen LogP contribution in [-0.2, 0) is 9.59 Å². The Kier molecular flexibility index (Phi) is 5.33. The fourth-order valence-corrected chi connectivity index (χ4v) is 2.26. The lowest BCUT2D eigenvalue weighted by Gasteiger charge is -2.12. The van der Waals surface area contributed by atoms with E-state index >= 15 is 0 Å². The van der Waals surface area contributed by atoms with Gasteiger partial charge in [-0.1, -0.05) is 18.2 Å². The largest absolute Gasteiger partial charge is 0.494 e. The number of nitro groups is 1. The molecule has 0 aromatic heterocycles. The molecule has 2 N–H and O–H groups in total. The summed E-state index contributed by atoms with van der Waals surface area (Å²) in [5.41, 5.74) is 2.20. The van der Waals surface area contributed by atoms with Gasteiger partial charge in [0.05, 0.1) is 23.8 Å². The number of methoxy groups -OCH3 is 1. The van der Waals surface area contributed by atoms with Crippen LogP contribution in [0.15, 0.2) is 36.4 Å². The Morgan fingerprint density at radius 3 is 2.20 bits per heavy atom. The van der Waals surface area contributed by atoms with Crippen molar-refractivity contribution in [2.24, 2.45) is 0 Å². The van der Waals surface area contributed by atoms with Crippen LogP contribution in [0.2, 0.25) is 0 Å². The molecule has 25 heavy (non-hydrogen) atoms. The Balaban J connectivity index is 2.16. The number of aryl methyl sites for hydroxylation is 2. The van der Waals surface area contributed by atoms with E-state index < -0.39 is 16.7 Å². The van der Waals surface area contributed by atoms with Crippen molar-refractivity contribution in [3.63, 3.8) is 0 Å². The highest BCUT2D eigenvalue weighted by molar-refractivity contribution is 6.44. The van der Waals surface area contributed by atoms with Crippen molar-refractivity contribution in [1.82, 2.24) is 0 Å². The van der Waals surface area contributed by atoms with Gasteiger partial charge in [-0.25, -0.2) is 0 Å². The summed E-state index contributed by atoms with van der Waals surface area (Å²) in [6.45, 7) is 3.64. The summed E-state index contributed by atoms with van der Waals surface area (Å²) in [4.78, 5) is 34.4. The fraction of sp³-hybridized carbons (Fsp3) is 0.176. The molecule has 0 atom stereocenters. The van der Waals surface area contributed by atoms with Crippen molar-refractivity contribution in [3.8, 4) is 5.75 Å². The van der Waals surface area contributed by atoms with Crippen molar-refractivity contribution in [1.29, 1.82) is 0 Å². The summed E-state index contributed by atoms with van der Waals surface area (Å²) in [6.07, 6.45) is 0. The van der Waals surface area contributed by atoms with Crippen molar-refractivity contribution in [3.05, 3.63) is 57.6 Å².